The average molecular weight is 319 g/mol. The molecule has 124 valence electrons. The Labute approximate surface area is 134 Å². The van der Waals surface area contributed by atoms with Gasteiger partial charge >= 0.3 is 0 Å². The van der Waals surface area contributed by atoms with Crippen LogP contribution in [-0.2, 0) is 0 Å². The summed E-state index contributed by atoms with van der Waals surface area (Å²) in [4.78, 5) is 13.4. The zero-order valence-corrected chi connectivity index (χ0v) is 13.5. The van der Waals surface area contributed by atoms with E-state index in [4.69, 9.17) is 15.2 Å². The molecule has 0 saturated heterocycles. The third kappa shape index (κ3) is 4.19. The summed E-state index contributed by atoms with van der Waals surface area (Å²) < 4.78 is 11.4. The lowest BCUT2D eigenvalue weighted by Gasteiger charge is -2.15. The number of nitrogens with one attached hydrogen (secondary N) is 1. The van der Waals surface area contributed by atoms with Crippen LogP contribution in [0.25, 0.3) is 11.3 Å². The summed E-state index contributed by atoms with van der Waals surface area (Å²) in [6.45, 7) is 3.72. The fourth-order valence-electron chi connectivity index (χ4n) is 1.99. The van der Waals surface area contributed by atoms with Crippen LogP contribution in [0, 0.1) is 0 Å². The third-order valence-corrected chi connectivity index (χ3v) is 3.09. The summed E-state index contributed by atoms with van der Waals surface area (Å²) in [5.74, 6) is 0.585. The Morgan fingerprint density at radius 2 is 2.04 bits per heavy atom. The first kappa shape index (κ1) is 16.8. The molecule has 8 nitrogen and oxygen atoms in total. The van der Waals surface area contributed by atoms with Crippen LogP contribution in [0.1, 0.15) is 17.4 Å². The summed E-state index contributed by atoms with van der Waals surface area (Å²) in [6, 6.07) is 5.34. The van der Waals surface area contributed by atoms with Gasteiger partial charge in [0.05, 0.1) is 6.61 Å². The number of amides is 1. The molecular formula is C15H21N5O3. The number of rotatable bonds is 8. The van der Waals surface area contributed by atoms with E-state index in [-0.39, 0.29) is 5.69 Å². The lowest BCUT2D eigenvalue weighted by atomic mass is 10.1. The van der Waals surface area contributed by atoms with Crippen molar-refractivity contribution in [3.8, 4) is 22.8 Å². The van der Waals surface area contributed by atoms with Crippen LogP contribution >= 0.6 is 0 Å². The number of benzene rings is 1. The molecule has 23 heavy (non-hydrogen) atoms. The van der Waals surface area contributed by atoms with Crippen molar-refractivity contribution in [1.29, 1.82) is 0 Å². The molecule has 1 amide bonds. The van der Waals surface area contributed by atoms with Crippen LogP contribution in [-0.4, -0.2) is 60.1 Å². The van der Waals surface area contributed by atoms with E-state index in [2.05, 4.69) is 15.4 Å². The Morgan fingerprint density at radius 3 is 2.70 bits per heavy atom. The highest BCUT2D eigenvalue weighted by atomic mass is 16.5. The van der Waals surface area contributed by atoms with Crippen molar-refractivity contribution >= 4 is 5.91 Å². The number of nitrogens with two attached hydrogens (primary N) is 1. The number of carbonyl (C=O) groups is 1. The second-order valence-corrected chi connectivity index (χ2v) is 5.13. The molecule has 0 aliphatic rings. The van der Waals surface area contributed by atoms with Crippen molar-refractivity contribution in [2.24, 2.45) is 5.73 Å². The molecule has 0 saturated carbocycles. The second kappa shape index (κ2) is 7.59. The molecule has 2 rings (SSSR count). The smallest absolute Gasteiger partial charge is 0.271 e. The van der Waals surface area contributed by atoms with Gasteiger partial charge in [0.2, 0.25) is 0 Å². The zero-order valence-electron chi connectivity index (χ0n) is 13.5. The number of likely N-dealkylation sites (N-methyl/N-ethyl adjacent to an activating group) is 1. The lowest BCUT2D eigenvalue weighted by Crippen LogP contribution is -2.19. The lowest BCUT2D eigenvalue weighted by molar-refractivity contribution is 0.0996. The molecule has 0 aliphatic heterocycles. The van der Waals surface area contributed by atoms with Gasteiger partial charge in [-0.1, -0.05) is 0 Å². The van der Waals surface area contributed by atoms with Gasteiger partial charge in [0, 0.05) is 12.1 Å². The van der Waals surface area contributed by atoms with Gasteiger partial charge in [0.15, 0.2) is 17.2 Å². The minimum Gasteiger partial charge on any atom is -0.490 e. The molecule has 1 aromatic heterocycles. The highest BCUT2D eigenvalue weighted by molar-refractivity contribution is 5.96. The first-order valence-electron chi connectivity index (χ1n) is 7.28. The fourth-order valence-corrected chi connectivity index (χ4v) is 1.99. The number of hydrogen-bond acceptors (Lipinski definition) is 6. The maximum atomic E-state index is 11.4. The number of ether oxygens (including phenoxy) is 2. The van der Waals surface area contributed by atoms with Gasteiger partial charge in [-0.05, 0) is 39.2 Å². The number of hydrogen-bond donors (Lipinski definition) is 2. The average Bonchev–Trinajstić information content (AvgIpc) is 2.98. The highest BCUT2D eigenvalue weighted by Gasteiger charge is 2.17. The summed E-state index contributed by atoms with van der Waals surface area (Å²) in [7, 11) is 3.96. The Kier molecular flexibility index (Phi) is 5.53. The van der Waals surface area contributed by atoms with E-state index in [1.165, 1.54) is 0 Å². The number of H-pyrrole nitrogens is 1. The van der Waals surface area contributed by atoms with Gasteiger partial charge in [-0.15, -0.1) is 0 Å². The standard InChI is InChI=1S/C15H21N5O3/c1-4-22-12-9-10(13-14(15(16)21)18-19-17-13)5-6-11(12)23-8-7-20(2)3/h5-6,9H,4,7-8H2,1-3H3,(H2,16,21)(H,17,18,19). The molecule has 0 radical (unpaired) electrons. The van der Waals surface area contributed by atoms with Gasteiger partial charge in [-0.2, -0.15) is 15.4 Å². The van der Waals surface area contributed by atoms with E-state index < -0.39 is 5.91 Å². The van der Waals surface area contributed by atoms with Gasteiger partial charge in [0.25, 0.3) is 5.91 Å². The summed E-state index contributed by atoms with van der Waals surface area (Å²) in [5.41, 5.74) is 6.45. The van der Waals surface area contributed by atoms with E-state index in [9.17, 15) is 4.79 Å². The van der Waals surface area contributed by atoms with Gasteiger partial charge < -0.3 is 20.1 Å². The number of carbonyl (C=O) groups excluding carboxylic acids is 1. The van der Waals surface area contributed by atoms with Crippen LogP contribution in [0.3, 0.4) is 0 Å². The van der Waals surface area contributed by atoms with E-state index in [1.54, 1.807) is 18.2 Å². The predicted molar refractivity (Wildman–Crippen MR) is 85.6 cm³/mol. The molecule has 0 aliphatic carbocycles. The summed E-state index contributed by atoms with van der Waals surface area (Å²) in [6.07, 6.45) is 0. The highest BCUT2D eigenvalue weighted by Crippen LogP contribution is 2.32. The Morgan fingerprint density at radius 1 is 1.26 bits per heavy atom. The van der Waals surface area contributed by atoms with Crippen LogP contribution < -0.4 is 15.2 Å². The third-order valence-electron chi connectivity index (χ3n) is 3.09. The molecule has 0 spiro atoms. The number of primary amides is 1. The Bertz CT molecular complexity index is 669. The molecule has 2 aromatic rings. The molecule has 1 aromatic carbocycles. The first-order chi connectivity index (χ1) is 11.0. The van der Waals surface area contributed by atoms with E-state index in [0.29, 0.717) is 36.0 Å². The minimum absolute atomic E-state index is 0.0914. The van der Waals surface area contributed by atoms with Gasteiger partial charge in [-0.3, -0.25) is 4.79 Å². The molecule has 0 unspecified atom stereocenters. The van der Waals surface area contributed by atoms with Gasteiger partial charge in [0.1, 0.15) is 12.3 Å². The normalized spacial score (nSPS) is 10.8. The summed E-state index contributed by atoms with van der Waals surface area (Å²) in [5, 5.41) is 10.2. The topological polar surface area (TPSA) is 106 Å². The molecule has 0 fully saturated rings. The van der Waals surface area contributed by atoms with Crippen LogP contribution in [0.2, 0.25) is 0 Å². The molecule has 0 atom stereocenters. The van der Waals surface area contributed by atoms with Crippen molar-refractivity contribution < 1.29 is 14.3 Å². The molecule has 0 bridgehead atoms. The monoisotopic (exact) mass is 319 g/mol. The molecule has 8 heteroatoms. The van der Waals surface area contributed by atoms with Crippen molar-refractivity contribution in [3.05, 3.63) is 23.9 Å². The molecular weight excluding hydrogens is 298 g/mol. The predicted octanol–water partition coefficient (Wildman–Crippen LogP) is 0.910. The number of aromatic nitrogens is 3. The second-order valence-electron chi connectivity index (χ2n) is 5.13. The minimum atomic E-state index is -0.641. The summed E-state index contributed by atoms with van der Waals surface area (Å²) >= 11 is 0. The number of aromatic amines is 1. The maximum absolute atomic E-state index is 11.4. The first-order valence-corrected chi connectivity index (χ1v) is 7.28. The van der Waals surface area contributed by atoms with E-state index in [0.717, 1.165) is 6.54 Å². The van der Waals surface area contributed by atoms with Crippen molar-refractivity contribution in [2.45, 2.75) is 6.92 Å². The van der Waals surface area contributed by atoms with Crippen LogP contribution in [0.15, 0.2) is 18.2 Å². The quantitative estimate of drug-likeness (QED) is 0.749. The van der Waals surface area contributed by atoms with Crippen LogP contribution in [0.5, 0.6) is 11.5 Å². The molecule has 1 heterocycles. The Hall–Kier alpha value is -2.61. The SMILES string of the molecule is CCOc1cc(-c2n[nH]nc2C(N)=O)ccc1OCCN(C)C. The molecule has 3 N–H and O–H groups in total. The number of nitrogens with zero attached hydrogens (tertiary/aromatic N) is 3. The van der Waals surface area contributed by atoms with E-state index >= 15 is 0 Å². The Balaban J connectivity index is 2.27. The maximum Gasteiger partial charge on any atom is 0.271 e. The van der Waals surface area contributed by atoms with E-state index in [1.807, 2.05) is 25.9 Å². The zero-order chi connectivity index (χ0) is 16.8. The van der Waals surface area contributed by atoms with Crippen molar-refractivity contribution in [3.63, 3.8) is 0 Å². The van der Waals surface area contributed by atoms with Crippen molar-refractivity contribution in [1.82, 2.24) is 20.3 Å². The van der Waals surface area contributed by atoms with Crippen molar-refractivity contribution in [2.75, 3.05) is 33.9 Å². The fraction of sp³-hybridized carbons (Fsp3) is 0.400. The largest absolute Gasteiger partial charge is 0.490 e. The van der Waals surface area contributed by atoms with Crippen LogP contribution in [0.4, 0.5) is 0 Å². The van der Waals surface area contributed by atoms with Gasteiger partial charge in [-0.25, -0.2) is 0 Å².